The first-order valence-electron chi connectivity index (χ1n) is 8.17. The molecule has 1 heterocycles. The second-order valence-electron chi connectivity index (χ2n) is 6.18. The summed E-state index contributed by atoms with van der Waals surface area (Å²) in [6, 6.07) is 11.2. The zero-order chi connectivity index (χ0) is 17.6. The van der Waals surface area contributed by atoms with Crippen molar-refractivity contribution in [3.05, 3.63) is 59.7 Å². The highest BCUT2D eigenvalue weighted by Crippen LogP contribution is 2.41. The van der Waals surface area contributed by atoms with E-state index in [1.54, 1.807) is 12.1 Å². The molecule has 0 unspecified atom stereocenters. The van der Waals surface area contributed by atoms with E-state index in [4.69, 9.17) is 0 Å². The van der Waals surface area contributed by atoms with Gasteiger partial charge in [-0.15, -0.1) is 0 Å². The van der Waals surface area contributed by atoms with Crippen LogP contribution >= 0.6 is 0 Å². The molecule has 3 N–H and O–H groups in total. The van der Waals surface area contributed by atoms with Gasteiger partial charge in [0.2, 0.25) is 17.7 Å². The third-order valence-corrected chi connectivity index (χ3v) is 4.59. The molecule has 2 aromatic carbocycles. The number of carbonyl (C=O) groups is 1. The lowest BCUT2D eigenvalue weighted by Crippen LogP contribution is -2.06. The molecule has 1 amide bonds. The number of benzene rings is 2. The molecule has 0 radical (unpaired) electrons. The summed E-state index contributed by atoms with van der Waals surface area (Å²) in [6.45, 7) is 1.47. The van der Waals surface area contributed by atoms with Crippen molar-refractivity contribution in [1.29, 1.82) is 0 Å². The molecule has 3 aromatic rings. The number of aromatic nitrogens is 1. The van der Waals surface area contributed by atoms with Crippen molar-refractivity contribution in [3.8, 4) is 17.4 Å². The van der Waals surface area contributed by atoms with Crippen molar-refractivity contribution in [1.82, 2.24) is 4.57 Å². The van der Waals surface area contributed by atoms with E-state index < -0.39 is 0 Å². The van der Waals surface area contributed by atoms with Crippen LogP contribution in [0, 0.1) is 0 Å². The van der Waals surface area contributed by atoms with Crippen molar-refractivity contribution < 1.29 is 15.0 Å². The summed E-state index contributed by atoms with van der Waals surface area (Å²) in [6.07, 6.45) is 5.18. The number of carbonyl (C=O) groups excluding carboxylic acids is 1. The lowest BCUT2D eigenvalue weighted by atomic mass is 10.0. The van der Waals surface area contributed by atoms with Gasteiger partial charge in [0.1, 0.15) is 0 Å². The Morgan fingerprint density at radius 1 is 0.960 bits per heavy atom. The maximum atomic E-state index is 11.4. The zero-order valence-electron chi connectivity index (χ0n) is 13.8. The fourth-order valence-corrected chi connectivity index (χ4v) is 3.48. The van der Waals surface area contributed by atoms with E-state index in [0.29, 0.717) is 24.2 Å². The normalized spacial score (nSPS) is 13.0. The predicted molar refractivity (Wildman–Crippen MR) is 97.5 cm³/mol. The van der Waals surface area contributed by atoms with Gasteiger partial charge < -0.3 is 15.5 Å². The molecule has 5 nitrogen and oxygen atoms in total. The number of fused-ring (bicyclic) bond motifs is 2. The van der Waals surface area contributed by atoms with Crippen LogP contribution in [-0.4, -0.2) is 20.7 Å². The van der Waals surface area contributed by atoms with Crippen LogP contribution in [-0.2, 0) is 17.6 Å². The van der Waals surface area contributed by atoms with Gasteiger partial charge in [-0.1, -0.05) is 36.4 Å². The molecule has 0 aliphatic heterocycles. The van der Waals surface area contributed by atoms with Crippen LogP contribution < -0.4 is 5.32 Å². The highest BCUT2D eigenvalue weighted by molar-refractivity contribution is 6.04. The number of aromatic hydroxyl groups is 2. The molecular formula is C20H18N2O3. The molecule has 4 rings (SSSR count). The average Bonchev–Trinajstić information content (AvgIpc) is 2.87. The molecule has 1 aliphatic rings. The van der Waals surface area contributed by atoms with Crippen molar-refractivity contribution >= 4 is 22.4 Å². The first-order chi connectivity index (χ1) is 12.1. The standard InChI is InChI=1S/C20H18N2O3/c1-12(23)21-17-10-11-18(14-7-3-2-6-13(14)17)22-19(24)15-8-4-5-9-16(15)20(22)25/h2-7,10-11,24-25H,8-9H2,1H3,(H,21,23). The number of amides is 1. The Balaban J connectivity index is 1.98. The average molecular weight is 334 g/mol. The van der Waals surface area contributed by atoms with Gasteiger partial charge in [-0.3, -0.25) is 9.36 Å². The van der Waals surface area contributed by atoms with E-state index in [2.05, 4.69) is 5.32 Å². The number of nitrogens with one attached hydrogen (secondary N) is 1. The first kappa shape index (κ1) is 15.3. The Bertz CT molecular complexity index is 1000. The highest BCUT2D eigenvalue weighted by Gasteiger charge is 2.24. The quantitative estimate of drug-likeness (QED) is 0.626. The van der Waals surface area contributed by atoms with Crippen LogP contribution in [0.25, 0.3) is 16.5 Å². The largest absolute Gasteiger partial charge is 0.494 e. The van der Waals surface area contributed by atoms with Gasteiger partial charge in [-0.25, -0.2) is 0 Å². The molecule has 0 spiro atoms. The summed E-state index contributed by atoms with van der Waals surface area (Å²) in [5.41, 5.74) is 2.89. The summed E-state index contributed by atoms with van der Waals surface area (Å²) in [5.74, 6) is -0.0188. The zero-order valence-corrected chi connectivity index (χ0v) is 13.8. The van der Waals surface area contributed by atoms with E-state index >= 15 is 0 Å². The van der Waals surface area contributed by atoms with Crippen LogP contribution in [0.15, 0.2) is 48.6 Å². The third kappa shape index (κ3) is 2.36. The van der Waals surface area contributed by atoms with Gasteiger partial charge in [0.25, 0.3) is 0 Å². The Labute approximate surface area is 144 Å². The van der Waals surface area contributed by atoms with Gasteiger partial charge in [-0.2, -0.15) is 0 Å². The lowest BCUT2D eigenvalue weighted by Gasteiger charge is -2.14. The Morgan fingerprint density at radius 3 is 2.16 bits per heavy atom. The minimum absolute atomic E-state index is 0.0641. The van der Waals surface area contributed by atoms with Gasteiger partial charge >= 0.3 is 0 Å². The van der Waals surface area contributed by atoms with E-state index in [1.165, 1.54) is 11.5 Å². The molecular weight excluding hydrogens is 316 g/mol. The summed E-state index contributed by atoms with van der Waals surface area (Å²) in [4.78, 5) is 11.4. The summed E-state index contributed by atoms with van der Waals surface area (Å²) >= 11 is 0. The molecule has 0 saturated carbocycles. The van der Waals surface area contributed by atoms with Gasteiger partial charge in [0.05, 0.1) is 5.69 Å². The highest BCUT2D eigenvalue weighted by atomic mass is 16.3. The van der Waals surface area contributed by atoms with Gasteiger partial charge in [0, 0.05) is 34.5 Å². The van der Waals surface area contributed by atoms with E-state index in [-0.39, 0.29) is 17.7 Å². The van der Waals surface area contributed by atoms with Crippen molar-refractivity contribution in [2.45, 2.75) is 19.8 Å². The fraction of sp³-hybridized carbons (Fsp3) is 0.150. The Hall–Kier alpha value is -3.21. The molecule has 5 heteroatoms. The Morgan fingerprint density at radius 2 is 1.56 bits per heavy atom. The third-order valence-electron chi connectivity index (χ3n) is 4.59. The summed E-state index contributed by atoms with van der Waals surface area (Å²) in [7, 11) is 0. The van der Waals surface area contributed by atoms with Crippen molar-refractivity contribution in [2.75, 3.05) is 5.32 Å². The van der Waals surface area contributed by atoms with Crippen LogP contribution in [0.5, 0.6) is 11.8 Å². The first-order valence-corrected chi connectivity index (χ1v) is 8.17. The molecule has 0 bridgehead atoms. The van der Waals surface area contributed by atoms with Crippen LogP contribution in [0.2, 0.25) is 0 Å². The number of allylic oxidation sites excluding steroid dienone is 2. The SMILES string of the molecule is CC(=O)Nc1ccc(-n2c(O)c3c(c2O)CC=CC3)c2ccccc12. The summed E-state index contributed by atoms with van der Waals surface area (Å²) < 4.78 is 1.48. The topological polar surface area (TPSA) is 74.5 Å². The number of hydrogen-bond donors (Lipinski definition) is 3. The minimum Gasteiger partial charge on any atom is -0.494 e. The monoisotopic (exact) mass is 334 g/mol. The van der Waals surface area contributed by atoms with E-state index in [1.807, 2.05) is 36.4 Å². The molecule has 0 atom stereocenters. The van der Waals surface area contributed by atoms with Crippen LogP contribution in [0.4, 0.5) is 5.69 Å². The molecule has 1 aliphatic carbocycles. The minimum atomic E-state index is -0.147. The maximum absolute atomic E-state index is 11.4. The predicted octanol–water partition coefficient (Wildman–Crippen LogP) is 3.65. The van der Waals surface area contributed by atoms with Crippen molar-refractivity contribution in [3.63, 3.8) is 0 Å². The van der Waals surface area contributed by atoms with Crippen LogP contribution in [0.1, 0.15) is 18.1 Å². The van der Waals surface area contributed by atoms with Crippen LogP contribution in [0.3, 0.4) is 0 Å². The number of hydrogen-bond acceptors (Lipinski definition) is 3. The Kier molecular flexibility index (Phi) is 3.50. The smallest absolute Gasteiger partial charge is 0.221 e. The second-order valence-corrected chi connectivity index (χ2v) is 6.18. The van der Waals surface area contributed by atoms with Gasteiger partial charge in [0.15, 0.2) is 0 Å². The van der Waals surface area contributed by atoms with Crippen molar-refractivity contribution in [2.24, 2.45) is 0 Å². The second kappa shape index (κ2) is 5.70. The molecule has 1 aromatic heterocycles. The fourth-order valence-electron chi connectivity index (χ4n) is 3.48. The molecule has 0 saturated heterocycles. The number of anilines is 1. The lowest BCUT2D eigenvalue weighted by molar-refractivity contribution is -0.114. The number of rotatable bonds is 2. The van der Waals surface area contributed by atoms with E-state index in [0.717, 1.165) is 21.9 Å². The molecule has 0 fully saturated rings. The number of nitrogens with zero attached hydrogens (tertiary/aromatic N) is 1. The summed E-state index contributed by atoms with van der Waals surface area (Å²) in [5, 5.41) is 25.9. The molecule has 25 heavy (non-hydrogen) atoms. The maximum Gasteiger partial charge on any atom is 0.221 e. The van der Waals surface area contributed by atoms with Gasteiger partial charge in [-0.05, 0) is 25.0 Å². The van der Waals surface area contributed by atoms with E-state index in [9.17, 15) is 15.0 Å². The molecule has 126 valence electrons.